The van der Waals surface area contributed by atoms with Gasteiger partial charge < -0.3 is 5.11 Å². The van der Waals surface area contributed by atoms with Crippen molar-refractivity contribution in [2.75, 3.05) is 0 Å². The van der Waals surface area contributed by atoms with Crippen LogP contribution in [0, 0.1) is 11.7 Å². The number of hydrogen-bond acceptors (Lipinski definition) is 1. The molecular weight excluding hydrogens is 215 g/mol. The third-order valence-corrected chi connectivity index (χ3v) is 3.42. The fourth-order valence-electron chi connectivity index (χ4n) is 2.24. The first-order valence-corrected chi connectivity index (χ1v) is 5.69. The Morgan fingerprint density at radius 3 is 2.60 bits per heavy atom. The average Bonchev–Trinajstić information content (AvgIpc) is 2.74. The Morgan fingerprint density at radius 1 is 1.33 bits per heavy atom. The molecule has 1 aromatic rings. The van der Waals surface area contributed by atoms with E-state index in [1.165, 1.54) is 25.0 Å². The van der Waals surface area contributed by atoms with E-state index in [4.69, 9.17) is 11.6 Å². The topological polar surface area (TPSA) is 20.2 Å². The van der Waals surface area contributed by atoms with Crippen molar-refractivity contribution in [3.05, 3.63) is 34.6 Å². The normalized spacial score (nSPS) is 19.4. The van der Waals surface area contributed by atoms with Gasteiger partial charge in [0.2, 0.25) is 0 Å². The number of benzene rings is 1. The van der Waals surface area contributed by atoms with Crippen molar-refractivity contribution < 1.29 is 9.50 Å². The fraction of sp³-hybridized carbons (Fsp3) is 0.500. The van der Waals surface area contributed by atoms with Crippen LogP contribution in [0.5, 0.6) is 0 Å². The molecule has 1 atom stereocenters. The molecule has 2 rings (SSSR count). The molecular formula is C12H14ClFO. The van der Waals surface area contributed by atoms with E-state index in [1.807, 2.05) is 0 Å². The van der Waals surface area contributed by atoms with E-state index in [1.54, 1.807) is 6.07 Å². The molecule has 0 unspecified atom stereocenters. The quantitative estimate of drug-likeness (QED) is 0.818. The van der Waals surface area contributed by atoms with Gasteiger partial charge in [-0.15, -0.1) is 0 Å². The highest BCUT2D eigenvalue weighted by Crippen LogP contribution is 2.36. The maximum Gasteiger partial charge on any atom is 0.141 e. The van der Waals surface area contributed by atoms with Gasteiger partial charge >= 0.3 is 0 Å². The van der Waals surface area contributed by atoms with Gasteiger partial charge in [0.15, 0.2) is 0 Å². The summed E-state index contributed by atoms with van der Waals surface area (Å²) in [6, 6.07) is 4.46. The fourth-order valence-corrected chi connectivity index (χ4v) is 2.43. The largest absolute Gasteiger partial charge is 0.388 e. The lowest BCUT2D eigenvalue weighted by Crippen LogP contribution is -2.08. The third-order valence-electron chi connectivity index (χ3n) is 3.13. The van der Waals surface area contributed by atoms with Crippen LogP contribution in [-0.2, 0) is 0 Å². The molecule has 1 aliphatic rings. The van der Waals surface area contributed by atoms with Gasteiger partial charge in [-0.2, -0.15) is 0 Å². The first-order valence-electron chi connectivity index (χ1n) is 5.31. The Hall–Kier alpha value is -0.600. The van der Waals surface area contributed by atoms with E-state index in [-0.39, 0.29) is 5.02 Å². The standard InChI is InChI=1S/C12H14ClFO/c13-10-7-9(5-6-11(10)14)12(15)8-3-1-2-4-8/h5-8,12,15H,1-4H2/t12-/m1/s1. The highest BCUT2D eigenvalue weighted by atomic mass is 35.5. The van der Waals surface area contributed by atoms with Gasteiger partial charge in [0.1, 0.15) is 5.82 Å². The van der Waals surface area contributed by atoms with Gasteiger partial charge in [-0.25, -0.2) is 4.39 Å². The van der Waals surface area contributed by atoms with Crippen LogP contribution in [0.15, 0.2) is 18.2 Å². The molecule has 82 valence electrons. The lowest BCUT2D eigenvalue weighted by molar-refractivity contribution is 0.111. The van der Waals surface area contributed by atoms with Crippen molar-refractivity contribution in [1.82, 2.24) is 0 Å². The van der Waals surface area contributed by atoms with Crippen molar-refractivity contribution in [2.24, 2.45) is 5.92 Å². The third kappa shape index (κ3) is 2.32. The van der Waals surface area contributed by atoms with E-state index in [0.29, 0.717) is 5.92 Å². The second kappa shape index (κ2) is 4.50. The Kier molecular flexibility index (Phi) is 3.27. The second-order valence-corrected chi connectivity index (χ2v) is 4.57. The molecule has 0 bridgehead atoms. The van der Waals surface area contributed by atoms with Crippen LogP contribution in [0.4, 0.5) is 4.39 Å². The van der Waals surface area contributed by atoms with Crippen molar-refractivity contribution in [3.8, 4) is 0 Å². The zero-order valence-electron chi connectivity index (χ0n) is 8.42. The van der Waals surface area contributed by atoms with E-state index in [0.717, 1.165) is 18.4 Å². The molecule has 1 aliphatic carbocycles. The summed E-state index contributed by atoms with van der Waals surface area (Å²) >= 11 is 5.68. The molecule has 0 amide bonds. The van der Waals surface area contributed by atoms with Crippen molar-refractivity contribution in [2.45, 2.75) is 31.8 Å². The highest BCUT2D eigenvalue weighted by molar-refractivity contribution is 6.30. The first kappa shape index (κ1) is 10.9. The lowest BCUT2D eigenvalue weighted by Gasteiger charge is -2.18. The minimum absolute atomic E-state index is 0.0875. The van der Waals surface area contributed by atoms with Gasteiger partial charge in [0.05, 0.1) is 11.1 Å². The zero-order chi connectivity index (χ0) is 10.8. The Labute approximate surface area is 93.9 Å². The van der Waals surface area contributed by atoms with Crippen LogP contribution in [0.25, 0.3) is 0 Å². The maximum absolute atomic E-state index is 12.9. The lowest BCUT2D eigenvalue weighted by atomic mass is 9.94. The van der Waals surface area contributed by atoms with E-state index < -0.39 is 11.9 Å². The molecule has 1 fully saturated rings. The number of aliphatic hydroxyl groups excluding tert-OH is 1. The summed E-state index contributed by atoms with van der Waals surface area (Å²) in [6.45, 7) is 0. The average molecular weight is 229 g/mol. The molecule has 0 saturated heterocycles. The monoisotopic (exact) mass is 228 g/mol. The van der Waals surface area contributed by atoms with Gasteiger partial charge in [-0.3, -0.25) is 0 Å². The van der Waals surface area contributed by atoms with Gasteiger partial charge in [-0.05, 0) is 36.5 Å². The Morgan fingerprint density at radius 2 is 2.00 bits per heavy atom. The summed E-state index contributed by atoms with van der Waals surface area (Å²) in [6.07, 6.45) is 3.96. The van der Waals surface area contributed by atoms with Crippen LogP contribution in [-0.4, -0.2) is 5.11 Å². The molecule has 1 nitrogen and oxygen atoms in total. The number of hydrogen-bond donors (Lipinski definition) is 1. The zero-order valence-corrected chi connectivity index (χ0v) is 9.17. The summed E-state index contributed by atoms with van der Waals surface area (Å²) in [7, 11) is 0. The molecule has 1 N–H and O–H groups in total. The number of halogens is 2. The van der Waals surface area contributed by atoms with Crippen LogP contribution >= 0.6 is 11.6 Å². The molecule has 15 heavy (non-hydrogen) atoms. The van der Waals surface area contributed by atoms with Crippen LogP contribution < -0.4 is 0 Å². The van der Waals surface area contributed by atoms with Crippen LogP contribution in [0.3, 0.4) is 0 Å². The minimum atomic E-state index is -0.495. The molecule has 0 heterocycles. The smallest absolute Gasteiger partial charge is 0.141 e. The summed E-state index contributed by atoms with van der Waals surface area (Å²) < 4.78 is 12.9. The molecule has 0 aliphatic heterocycles. The van der Waals surface area contributed by atoms with Gasteiger partial charge in [0, 0.05) is 0 Å². The summed E-state index contributed by atoms with van der Waals surface area (Å²) in [5.41, 5.74) is 0.730. The molecule has 0 radical (unpaired) electrons. The van der Waals surface area contributed by atoms with E-state index in [2.05, 4.69) is 0 Å². The maximum atomic E-state index is 12.9. The molecule has 1 saturated carbocycles. The Bertz CT molecular complexity index is 347. The van der Waals surface area contributed by atoms with Crippen molar-refractivity contribution in [3.63, 3.8) is 0 Å². The van der Waals surface area contributed by atoms with Crippen LogP contribution in [0.1, 0.15) is 37.4 Å². The SMILES string of the molecule is O[C@@H](c1ccc(F)c(Cl)c1)C1CCCC1. The van der Waals surface area contributed by atoms with Gasteiger partial charge in [0.25, 0.3) is 0 Å². The molecule has 0 aromatic heterocycles. The highest BCUT2D eigenvalue weighted by Gasteiger charge is 2.24. The molecule has 0 spiro atoms. The Balaban J connectivity index is 2.17. The van der Waals surface area contributed by atoms with Crippen molar-refractivity contribution >= 4 is 11.6 Å². The minimum Gasteiger partial charge on any atom is -0.388 e. The number of rotatable bonds is 2. The summed E-state index contributed by atoms with van der Waals surface area (Å²) in [4.78, 5) is 0. The predicted molar refractivity (Wildman–Crippen MR) is 58.3 cm³/mol. The van der Waals surface area contributed by atoms with Gasteiger partial charge in [-0.1, -0.05) is 30.5 Å². The van der Waals surface area contributed by atoms with E-state index >= 15 is 0 Å². The molecule has 1 aromatic carbocycles. The van der Waals surface area contributed by atoms with Crippen molar-refractivity contribution in [1.29, 1.82) is 0 Å². The number of aliphatic hydroxyl groups is 1. The van der Waals surface area contributed by atoms with Crippen LogP contribution in [0.2, 0.25) is 5.02 Å². The second-order valence-electron chi connectivity index (χ2n) is 4.16. The summed E-state index contributed by atoms with van der Waals surface area (Å²) in [5, 5.41) is 10.1. The molecule has 3 heteroatoms. The van der Waals surface area contributed by atoms with E-state index in [9.17, 15) is 9.50 Å². The summed E-state index contributed by atoms with van der Waals surface area (Å²) in [5.74, 6) is -0.120. The predicted octanol–water partition coefficient (Wildman–Crippen LogP) is 3.70. The first-order chi connectivity index (χ1) is 7.18.